The maximum absolute atomic E-state index is 12.3. The largest absolute Gasteiger partial charge is 0.348 e. The summed E-state index contributed by atoms with van der Waals surface area (Å²) in [4.78, 5) is 16.7. The van der Waals surface area contributed by atoms with E-state index in [1.54, 1.807) is 23.1 Å². The molecule has 1 amide bonds. The van der Waals surface area contributed by atoms with Crippen molar-refractivity contribution in [1.82, 2.24) is 20.1 Å². The molecule has 0 bridgehead atoms. The first-order chi connectivity index (χ1) is 13.7. The van der Waals surface area contributed by atoms with Gasteiger partial charge >= 0.3 is 0 Å². The standard InChI is InChI=1S/C22H17BrN4O/c23-19-7-9-20(10-8-19)27-15-18(14-26-27)21-11-6-17(13-24-21)22(28)25-12-16-4-2-1-3-5-16/h1-11,13-15H,12H2,(H,25,28). The van der Waals surface area contributed by atoms with E-state index < -0.39 is 0 Å². The van der Waals surface area contributed by atoms with Crippen molar-refractivity contribution in [2.75, 3.05) is 0 Å². The third kappa shape index (κ3) is 4.18. The molecular weight excluding hydrogens is 416 g/mol. The van der Waals surface area contributed by atoms with Crippen molar-refractivity contribution in [3.05, 3.63) is 101 Å². The molecule has 6 heteroatoms. The van der Waals surface area contributed by atoms with Crippen LogP contribution in [0.3, 0.4) is 0 Å². The molecule has 138 valence electrons. The van der Waals surface area contributed by atoms with E-state index in [0.717, 1.165) is 27.0 Å². The van der Waals surface area contributed by atoms with Gasteiger partial charge in [-0.05, 0) is 42.0 Å². The van der Waals surface area contributed by atoms with Crippen LogP contribution in [0.15, 0.2) is 89.8 Å². The summed E-state index contributed by atoms with van der Waals surface area (Å²) in [7, 11) is 0. The Morgan fingerprint density at radius 3 is 2.46 bits per heavy atom. The van der Waals surface area contributed by atoms with Crippen LogP contribution in [0, 0.1) is 0 Å². The second-order valence-corrected chi connectivity index (χ2v) is 7.17. The first kappa shape index (κ1) is 18.1. The fourth-order valence-corrected chi connectivity index (χ4v) is 3.03. The Morgan fingerprint density at radius 2 is 1.75 bits per heavy atom. The molecule has 0 aliphatic rings. The Bertz CT molecular complexity index is 1070. The smallest absolute Gasteiger partial charge is 0.253 e. The molecule has 0 fully saturated rings. The fourth-order valence-electron chi connectivity index (χ4n) is 2.77. The fraction of sp³-hybridized carbons (Fsp3) is 0.0455. The minimum absolute atomic E-state index is 0.145. The number of rotatable bonds is 5. The summed E-state index contributed by atoms with van der Waals surface area (Å²) in [5, 5.41) is 7.30. The van der Waals surface area contributed by atoms with Crippen LogP contribution in [0.5, 0.6) is 0 Å². The van der Waals surface area contributed by atoms with E-state index >= 15 is 0 Å². The van der Waals surface area contributed by atoms with Crippen LogP contribution in [0.4, 0.5) is 0 Å². The predicted molar refractivity (Wildman–Crippen MR) is 112 cm³/mol. The van der Waals surface area contributed by atoms with Gasteiger partial charge in [0.05, 0.1) is 23.1 Å². The molecule has 0 saturated carbocycles. The van der Waals surface area contributed by atoms with Gasteiger partial charge in [-0.2, -0.15) is 5.10 Å². The van der Waals surface area contributed by atoms with Crippen molar-refractivity contribution in [3.63, 3.8) is 0 Å². The van der Waals surface area contributed by atoms with E-state index in [1.807, 2.05) is 66.9 Å². The molecule has 0 atom stereocenters. The summed E-state index contributed by atoms with van der Waals surface area (Å²) in [5.74, 6) is -0.145. The van der Waals surface area contributed by atoms with Crippen LogP contribution in [-0.2, 0) is 6.54 Å². The van der Waals surface area contributed by atoms with Crippen LogP contribution in [0.2, 0.25) is 0 Å². The molecule has 2 heterocycles. The van der Waals surface area contributed by atoms with Crippen LogP contribution < -0.4 is 5.32 Å². The minimum atomic E-state index is -0.145. The average Bonchev–Trinajstić information content (AvgIpc) is 3.24. The lowest BCUT2D eigenvalue weighted by atomic mass is 10.2. The summed E-state index contributed by atoms with van der Waals surface area (Å²) in [6.07, 6.45) is 5.27. The predicted octanol–water partition coefficient (Wildman–Crippen LogP) is 4.63. The zero-order chi connectivity index (χ0) is 19.3. The molecular formula is C22H17BrN4O. The Balaban J connectivity index is 1.44. The highest BCUT2D eigenvalue weighted by atomic mass is 79.9. The van der Waals surface area contributed by atoms with Gasteiger partial charge in [-0.1, -0.05) is 46.3 Å². The summed E-state index contributed by atoms with van der Waals surface area (Å²) in [6.45, 7) is 0.487. The van der Waals surface area contributed by atoms with Gasteiger partial charge in [0, 0.05) is 29.0 Å². The Morgan fingerprint density at radius 1 is 0.964 bits per heavy atom. The quantitative estimate of drug-likeness (QED) is 0.500. The lowest BCUT2D eigenvalue weighted by molar-refractivity contribution is 0.0950. The number of halogens is 1. The molecule has 0 spiro atoms. The van der Waals surface area contributed by atoms with Crippen molar-refractivity contribution in [1.29, 1.82) is 0 Å². The van der Waals surface area contributed by atoms with Gasteiger partial charge in [-0.3, -0.25) is 9.78 Å². The molecule has 0 radical (unpaired) electrons. The molecule has 4 rings (SSSR count). The van der Waals surface area contributed by atoms with Gasteiger partial charge in [0.1, 0.15) is 0 Å². The second-order valence-electron chi connectivity index (χ2n) is 6.25. The summed E-state index contributed by atoms with van der Waals surface area (Å²) >= 11 is 3.43. The number of nitrogens with one attached hydrogen (secondary N) is 1. The second kappa shape index (κ2) is 8.19. The average molecular weight is 433 g/mol. The number of amides is 1. The number of pyridine rings is 1. The van der Waals surface area contributed by atoms with E-state index in [1.165, 1.54) is 0 Å². The maximum Gasteiger partial charge on any atom is 0.253 e. The molecule has 0 saturated heterocycles. The Labute approximate surface area is 171 Å². The van der Waals surface area contributed by atoms with Gasteiger partial charge in [-0.15, -0.1) is 0 Å². The summed E-state index contributed by atoms with van der Waals surface area (Å²) < 4.78 is 2.82. The highest BCUT2D eigenvalue weighted by Crippen LogP contribution is 2.19. The molecule has 2 aromatic heterocycles. The summed E-state index contributed by atoms with van der Waals surface area (Å²) in [6, 6.07) is 21.3. The third-order valence-electron chi connectivity index (χ3n) is 4.29. The van der Waals surface area contributed by atoms with Crippen molar-refractivity contribution in [2.24, 2.45) is 0 Å². The van der Waals surface area contributed by atoms with Gasteiger partial charge < -0.3 is 5.32 Å². The molecule has 1 N–H and O–H groups in total. The summed E-state index contributed by atoms with van der Waals surface area (Å²) in [5.41, 5.74) is 4.20. The number of hydrogen-bond acceptors (Lipinski definition) is 3. The lowest BCUT2D eigenvalue weighted by Gasteiger charge is -2.05. The molecule has 2 aromatic carbocycles. The number of aromatic nitrogens is 3. The van der Waals surface area contributed by atoms with Gasteiger partial charge in [0.15, 0.2) is 0 Å². The molecule has 0 aliphatic carbocycles. The molecule has 0 unspecified atom stereocenters. The molecule has 28 heavy (non-hydrogen) atoms. The van der Waals surface area contributed by atoms with Gasteiger partial charge in [0.2, 0.25) is 0 Å². The normalized spacial score (nSPS) is 10.6. The first-order valence-electron chi connectivity index (χ1n) is 8.78. The van der Waals surface area contributed by atoms with Crippen molar-refractivity contribution in [2.45, 2.75) is 6.54 Å². The SMILES string of the molecule is O=C(NCc1ccccc1)c1ccc(-c2cnn(-c3ccc(Br)cc3)c2)nc1. The number of carbonyl (C=O) groups excluding carboxylic acids is 1. The zero-order valence-corrected chi connectivity index (χ0v) is 16.5. The van der Waals surface area contributed by atoms with Crippen LogP contribution in [0.25, 0.3) is 16.9 Å². The van der Waals surface area contributed by atoms with E-state index in [2.05, 4.69) is 31.3 Å². The number of hydrogen-bond donors (Lipinski definition) is 1. The highest BCUT2D eigenvalue weighted by Gasteiger charge is 2.09. The first-order valence-corrected chi connectivity index (χ1v) is 9.57. The lowest BCUT2D eigenvalue weighted by Crippen LogP contribution is -2.22. The minimum Gasteiger partial charge on any atom is -0.348 e. The van der Waals surface area contributed by atoms with E-state index in [9.17, 15) is 4.79 Å². The third-order valence-corrected chi connectivity index (χ3v) is 4.82. The number of benzene rings is 2. The Hall–Kier alpha value is -3.25. The molecule has 5 nitrogen and oxygen atoms in total. The topological polar surface area (TPSA) is 59.8 Å². The molecule has 0 aliphatic heterocycles. The zero-order valence-electron chi connectivity index (χ0n) is 14.9. The molecule has 4 aromatic rings. The van der Waals surface area contributed by atoms with Crippen LogP contribution in [-0.4, -0.2) is 20.7 Å². The van der Waals surface area contributed by atoms with E-state index in [0.29, 0.717) is 12.1 Å². The van der Waals surface area contributed by atoms with E-state index in [4.69, 9.17) is 0 Å². The van der Waals surface area contributed by atoms with Crippen molar-refractivity contribution >= 4 is 21.8 Å². The van der Waals surface area contributed by atoms with Crippen LogP contribution >= 0.6 is 15.9 Å². The number of nitrogens with zero attached hydrogens (tertiary/aromatic N) is 3. The van der Waals surface area contributed by atoms with Gasteiger partial charge in [0.25, 0.3) is 5.91 Å². The van der Waals surface area contributed by atoms with E-state index in [-0.39, 0.29) is 5.91 Å². The Kier molecular flexibility index (Phi) is 5.30. The van der Waals surface area contributed by atoms with Crippen LogP contribution in [0.1, 0.15) is 15.9 Å². The maximum atomic E-state index is 12.3. The van der Waals surface area contributed by atoms with Gasteiger partial charge in [-0.25, -0.2) is 4.68 Å². The number of carbonyl (C=O) groups is 1. The monoisotopic (exact) mass is 432 g/mol. The van der Waals surface area contributed by atoms with Crippen molar-refractivity contribution < 1.29 is 4.79 Å². The van der Waals surface area contributed by atoms with Crippen molar-refractivity contribution in [3.8, 4) is 16.9 Å². The highest BCUT2D eigenvalue weighted by molar-refractivity contribution is 9.10.